The van der Waals surface area contributed by atoms with Crippen LogP contribution >= 0.6 is 34.8 Å². The number of carbonyl (C=O) groups excluding carboxylic acids is 3. The minimum absolute atomic E-state index is 0.000000000000000444. The van der Waals surface area contributed by atoms with Gasteiger partial charge in [-0.2, -0.15) is 15.0 Å². The molecule has 0 aliphatic carbocycles. The second-order valence-corrected chi connectivity index (χ2v) is 31.6. The zero-order valence-corrected chi connectivity index (χ0v) is 58.8. The standard InChI is InChI=1S/C34H66N4O4.C19H37NO2.C8H19N.C3Cl3N3/c1-29(2,3)27(39)41-37-31(7,8)21-25(22-32(37,9)10)35-19-17-15-16-18-20-36-26-23-33(11,12)38(34(13,14)24-26)42-28(40)30(4,5)6;1-9-10-11-12-15-13-18(5,6)20(19(7,8)14-15)22-16(21)17(2,3)4;1-3-5-7-9-8-6-4-2;4-1-7-2(5)9-3(6)8-1/h25-26,35-36H,15-24H2,1-14H3;15H,9-14H2,1-8H3;9H,3-8H2,1-2H3;. The highest BCUT2D eigenvalue weighted by Crippen LogP contribution is 2.45. The second kappa shape index (κ2) is 34.0. The lowest BCUT2D eigenvalue weighted by molar-refractivity contribution is -0.277. The van der Waals surface area contributed by atoms with Crippen LogP contribution < -0.4 is 16.0 Å². The van der Waals surface area contributed by atoms with Gasteiger partial charge >= 0.3 is 17.9 Å². The third kappa shape index (κ3) is 28.3. The number of piperidine rings is 3. The van der Waals surface area contributed by atoms with Gasteiger partial charge in [-0.25, -0.2) is 14.4 Å². The molecule has 0 saturated carbocycles. The van der Waals surface area contributed by atoms with E-state index in [0.29, 0.717) is 12.1 Å². The lowest BCUT2D eigenvalue weighted by Gasteiger charge is -2.53. The Morgan fingerprint density at radius 1 is 0.427 bits per heavy atom. The van der Waals surface area contributed by atoms with Crippen molar-refractivity contribution in [2.75, 3.05) is 26.2 Å². The summed E-state index contributed by atoms with van der Waals surface area (Å²) in [5, 5.41) is 16.9. The Morgan fingerprint density at radius 2 is 0.695 bits per heavy atom. The SMILES string of the molecule is CC(C)(C)C(=O)ON1C(C)(C)CC(NCCCCCCNC2CC(C)(C)N(OC(=O)C(C)(C)C)C(C)(C)C2)CC1(C)C.CCCCCC1CC(C)(C)N(OC(=O)C(C)(C)C)C(C)(C)C1.CCCCNCCCC.Clc1nc(Cl)nc(Cl)n1. The summed E-state index contributed by atoms with van der Waals surface area (Å²) in [4.78, 5) is 65.7. The van der Waals surface area contributed by atoms with Gasteiger partial charge in [-0.1, -0.05) is 72.1 Å². The van der Waals surface area contributed by atoms with E-state index in [1.165, 1.54) is 77.3 Å². The molecule has 3 aliphatic heterocycles. The van der Waals surface area contributed by atoms with E-state index in [1.54, 1.807) is 0 Å². The number of aromatic nitrogens is 3. The van der Waals surface area contributed by atoms with E-state index < -0.39 is 16.2 Å². The van der Waals surface area contributed by atoms with Crippen LogP contribution in [0.2, 0.25) is 15.9 Å². The lowest BCUT2D eigenvalue weighted by atomic mass is 9.73. The van der Waals surface area contributed by atoms with Gasteiger partial charge < -0.3 is 30.5 Å². The number of nitrogens with one attached hydrogen (secondary N) is 3. The summed E-state index contributed by atoms with van der Waals surface area (Å²) in [7, 11) is 0. The van der Waals surface area contributed by atoms with Crippen LogP contribution in [0.25, 0.3) is 0 Å². The fraction of sp³-hybridized carbons (Fsp3) is 0.906. The molecule has 4 heterocycles. The van der Waals surface area contributed by atoms with Gasteiger partial charge in [0, 0.05) is 12.1 Å². The normalized spacial score (nSPS) is 20.2. The van der Waals surface area contributed by atoms with Crippen molar-refractivity contribution in [1.29, 1.82) is 0 Å². The van der Waals surface area contributed by atoms with Crippen LogP contribution in [0.1, 0.15) is 282 Å². The second-order valence-electron chi connectivity index (χ2n) is 30.5. The van der Waals surface area contributed by atoms with Crippen molar-refractivity contribution in [1.82, 2.24) is 46.1 Å². The van der Waals surface area contributed by atoms with Gasteiger partial charge in [-0.3, -0.25) is 0 Å². The maximum atomic E-state index is 12.6. The highest BCUT2D eigenvalue weighted by atomic mass is 35.5. The first-order valence-electron chi connectivity index (χ1n) is 31.4. The average Bonchev–Trinajstić information content (AvgIpc) is 3.30. The molecule has 0 amide bonds. The first-order valence-corrected chi connectivity index (χ1v) is 32.5. The largest absolute Gasteiger partial charge is 0.366 e. The smallest absolute Gasteiger partial charge is 0.330 e. The molecule has 0 bridgehead atoms. The van der Waals surface area contributed by atoms with E-state index in [0.717, 1.165) is 70.4 Å². The molecule has 3 saturated heterocycles. The summed E-state index contributed by atoms with van der Waals surface area (Å²) in [5.74, 6) is 0.229. The molecule has 480 valence electrons. The fourth-order valence-corrected chi connectivity index (χ4v) is 12.4. The lowest BCUT2D eigenvalue weighted by Crippen LogP contribution is -2.64. The Hall–Kier alpha value is -1.95. The molecule has 4 rings (SSSR count). The first-order chi connectivity index (χ1) is 37.4. The molecule has 3 aliphatic rings. The average molecular weight is 1220 g/mol. The number of nitrogens with zero attached hydrogens (tertiary/aromatic N) is 6. The Kier molecular flexibility index (Phi) is 32.3. The van der Waals surface area contributed by atoms with Crippen LogP contribution in [0.15, 0.2) is 0 Å². The van der Waals surface area contributed by atoms with Gasteiger partial charge in [-0.15, -0.1) is 15.2 Å². The van der Waals surface area contributed by atoms with Crippen molar-refractivity contribution >= 4 is 52.7 Å². The third-order valence-corrected chi connectivity index (χ3v) is 15.9. The predicted molar refractivity (Wildman–Crippen MR) is 342 cm³/mol. The third-order valence-electron chi connectivity index (χ3n) is 15.4. The van der Waals surface area contributed by atoms with Gasteiger partial charge in [0.15, 0.2) is 0 Å². The maximum Gasteiger partial charge on any atom is 0.330 e. The highest BCUT2D eigenvalue weighted by molar-refractivity contribution is 6.33. The number of rotatable bonds is 22. The van der Waals surface area contributed by atoms with Crippen molar-refractivity contribution in [2.45, 2.75) is 327 Å². The summed E-state index contributed by atoms with van der Waals surface area (Å²) in [5.41, 5.74) is -2.69. The molecule has 0 unspecified atom stereocenters. The van der Waals surface area contributed by atoms with E-state index in [-0.39, 0.29) is 67.0 Å². The van der Waals surface area contributed by atoms with Gasteiger partial charge in [0.2, 0.25) is 15.9 Å². The maximum absolute atomic E-state index is 12.6. The van der Waals surface area contributed by atoms with Gasteiger partial charge in [0.1, 0.15) is 0 Å². The Labute approximate surface area is 516 Å². The molecular formula is C64H122Cl3N9O6. The van der Waals surface area contributed by atoms with Gasteiger partial charge in [0.25, 0.3) is 0 Å². The van der Waals surface area contributed by atoms with E-state index in [4.69, 9.17) is 49.3 Å². The number of hydroxylamine groups is 6. The number of hydrogen-bond acceptors (Lipinski definition) is 15. The van der Waals surface area contributed by atoms with E-state index in [9.17, 15) is 14.4 Å². The Morgan fingerprint density at radius 3 is 0.951 bits per heavy atom. The molecule has 18 heteroatoms. The number of hydrogen-bond donors (Lipinski definition) is 3. The zero-order chi connectivity index (χ0) is 63.3. The summed E-state index contributed by atoms with van der Waals surface area (Å²) >= 11 is 16.0. The minimum Gasteiger partial charge on any atom is -0.366 e. The number of carbonyl (C=O) groups is 3. The minimum atomic E-state index is -0.524. The molecule has 0 spiro atoms. The summed E-state index contributed by atoms with van der Waals surface area (Å²) < 4.78 is 0. The molecule has 3 N–H and O–H groups in total. The zero-order valence-electron chi connectivity index (χ0n) is 56.6. The van der Waals surface area contributed by atoms with E-state index in [1.807, 2.05) is 77.5 Å². The Balaban J connectivity index is 0.000000687. The van der Waals surface area contributed by atoms with Crippen LogP contribution in [-0.4, -0.2) is 120 Å². The summed E-state index contributed by atoms with van der Waals surface area (Å²) in [6.45, 7) is 54.5. The van der Waals surface area contributed by atoms with Crippen molar-refractivity contribution < 1.29 is 28.9 Å². The van der Waals surface area contributed by atoms with Crippen molar-refractivity contribution in [2.24, 2.45) is 22.2 Å². The summed E-state index contributed by atoms with van der Waals surface area (Å²) in [6.07, 6.45) is 21.2. The van der Waals surface area contributed by atoms with Crippen LogP contribution in [0.4, 0.5) is 0 Å². The summed E-state index contributed by atoms with van der Waals surface area (Å²) in [6, 6.07) is 0.808. The quantitative estimate of drug-likeness (QED) is 0.0939. The Bertz CT molecular complexity index is 1870. The van der Waals surface area contributed by atoms with Crippen LogP contribution in [0.5, 0.6) is 0 Å². The van der Waals surface area contributed by atoms with E-state index >= 15 is 0 Å². The molecule has 1 aromatic rings. The number of unbranched alkanes of at least 4 members (excludes halogenated alkanes) is 7. The molecule has 0 radical (unpaired) electrons. The first kappa shape index (κ1) is 78.1. The van der Waals surface area contributed by atoms with Gasteiger partial charge in [-0.05, 0) is 277 Å². The molecule has 1 aromatic heterocycles. The molecule has 0 aromatic carbocycles. The van der Waals surface area contributed by atoms with Crippen LogP contribution in [0.3, 0.4) is 0 Å². The molecule has 82 heavy (non-hydrogen) atoms. The molecule has 0 atom stereocenters. The topological polar surface area (TPSA) is 163 Å². The molecule has 3 fully saturated rings. The number of halogens is 3. The molecular weight excluding hydrogens is 1100 g/mol. The fourth-order valence-electron chi connectivity index (χ4n) is 11.8. The van der Waals surface area contributed by atoms with Crippen LogP contribution in [-0.2, 0) is 28.9 Å². The highest BCUT2D eigenvalue weighted by Gasteiger charge is 2.51. The molecule has 15 nitrogen and oxygen atoms in total. The van der Waals surface area contributed by atoms with Crippen LogP contribution in [0, 0.1) is 22.2 Å². The van der Waals surface area contributed by atoms with Gasteiger partial charge in [0.05, 0.1) is 49.5 Å². The predicted octanol–water partition coefficient (Wildman–Crippen LogP) is 16.1. The van der Waals surface area contributed by atoms with Crippen molar-refractivity contribution in [3.63, 3.8) is 0 Å². The monoisotopic (exact) mass is 1220 g/mol. The van der Waals surface area contributed by atoms with Crippen molar-refractivity contribution in [3.8, 4) is 0 Å². The van der Waals surface area contributed by atoms with Crippen molar-refractivity contribution in [3.05, 3.63) is 15.9 Å². The van der Waals surface area contributed by atoms with E-state index in [2.05, 4.69) is 135 Å².